The molecular formula is C19H28N2O3. The van der Waals surface area contributed by atoms with Crippen molar-refractivity contribution in [3.05, 3.63) is 35.4 Å². The van der Waals surface area contributed by atoms with Gasteiger partial charge in [0.25, 0.3) is 0 Å². The van der Waals surface area contributed by atoms with E-state index in [-0.39, 0.29) is 22.3 Å². The molecule has 132 valence electrons. The Kier molecular flexibility index (Phi) is 6.13. The van der Waals surface area contributed by atoms with Gasteiger partial charge in [0.05, 0.1) is 25.6 Å². The van der Waals surface area contributed by atoms with Crippen LogP contribution >= 0.6 is 0 Å². The lowest BCUT2D eigenvalue weighted by Crippen LogP contribution is -3.17. The average molecular weight is 332 g/mol. The van der Waals surface area contributed by atoms with Crippen LogP contribution in [0.5, 0.6) is 0 Å². The van der Waals surface area contributed by atoms with Crippen LogP contribution < -0.4 is 10.0 Å². The normalized spacial score (nSPS) is 22.5. The van der Waals surface area contributed by atoms with E-state index in [4.69, 9.17) is 0 Å². The van der Waals surface area contributed by atoms with Gasteiger partial charge >= 0.3 is 0 Å². The average Bonchev–Trinajstić information content (AvgIpc) is 2.55. The quantitative estimate of drug-likeness (QED) is 0.783. The van der Waals surface area contributed by atoms with Crippen LogP contribution in [0.15, 0.2) is 24.3 Å². The molecule has 3 fully saturated rings. The van der Waals surface area contributed by atoms with Gasteiger partial charge in [0.2, 0.25) is 0 Å². The number of benzene rings is 1. The van der Waals surface area contributed by atoms with Crippen molar-refractivity contribution in [1.29, 1.82) is 0 Å². The number of carbonyl (C=O) groups excluding carboxylic acids is 2. The highest BCUT2D eigenvalue weighted by molar-refractivity contribution is 6.05. The fraction of sp³-hybridized carbons (Fsp3) is 0.579. The number of fused-ring (bicyclic) bond motifs is 3. The fourth-order valence-corrected chi connectivity index (χ4v) is 3.14. The molecule has 1 aromatic carbocycles. The predicted molar refractivity (Wildman–Crippen MR) is 91.2 cm³/mol. The van der Waals surface area contributed by atoms with Crippen LogP contribution in [0.25, 0.3) is 0 Å². The molecule has 3 saturated heterocycles. The number of ketones is 1. The van der Waals surface area contributed by atoms with E-state index in [1.807, 2.05) is 25.7 Å². The molecule has 0 aromatic heterocycles. The van der Waals surface area contributed by atoms with E-state index in [2.05, 4.69) is 4.90 Å². The second kappa shape index (κ2) is 7.90. The van der Waals surface area contributed by atoms with Crippen LogP contribution in [0.1, 0.15) is 47.9 Å². The van der Waals surface area contributed by atoms with Gasteiger partial charge < -0.3 is 14.8 Å². The number of piperazine rings is 3. The maximum atomic E-state index is 11.9. The van der Waals surface area contributed by atoms with Gasteiger partial charge in [-0.3, -0.25) is 9.69 Å². The zero-order chi connectivity index (χ0) is 17.7. The van der Waals surface area contributed by atoms with Gasteiger partial charge in [-0.25, -0.2) is 0 Å². The Morgan fingerprint density at radius 2 is 1.54 bits per heavy atom. The zero-order valence-electron chi connectivity index (χ0n) is 14.9. The van der Waals surface area contributed by atoms with E-state index in [0.717, 1.165) is 0 Å². The topological polar surface area (TPSA) is 64.9 Å². The molecule has 0 amide bonds. The lowest BCUT2D eigenvalue weighted by molar-refractivity contribution is -0.914. The van der Waals surface area contributed by atoms with E-state index in [1.54, 1.807) is 12.1 Å². The smallest absolute Gasteiger partial charge is 0.164 e. The number of hydrogen-bond acceptors (Lipinski definition) is 4. The van der Waals surface area contributed by atoms with E-state index < -0.39 is 5.97 Å². The van der Waals surface area contributed by atoms with Crippen LogP contribution in [0, 0.1) is 5.41 Å². The number of nitrogens with zero attached hydrogens (tertiary/aromatic N) is 1. The SMILES string of the molecule is C1C[NH+]2CCN1CC2.CC(C)(C)CC(=O)c1ccccc1C(=O)[O-]. The minimum atomic E-state index is -1.31. The number of rotatable bonds is 3. The third-order valence-electron chi connectivity index (χ3n) is 4.48. The van der Waals surface area contributed by atoms with Gasteiger partial charge in [-0.05, 0) is 5.41 Å². The maximum Gasteiger partial charge on any atom is 0.164 e. The summed E-state index contributed by atoms with van der Waals surface area (Å²) in [6.45, 7) is 14.1. The number of carbonyl (C=O) groups is 2. The molecule has 0 atom stereocenters. The third kappa shape index (κ3) is 5.42. The summed E-state index contributed by atoms with van der Waals surface area (Å²) in [6.07, 6.45) is 0.317. The standard InChI is InChI=1S/C13H16O3.C6H12N2/c1-13(2,3)8-11(14)9-6-4-5-7-10(9)12(15)16;1-2-8-5-3-7(1)4-6-8/h4-7H,8H2,1-3H3,(H,15,16);1-6H2. The first kappa shape index (κ1) is 18.6. The number of Topliss-reactive ketones (excluding diaryl/α,β-unsaturated/α-hetero) is 1. The first-order valence-electron chi connectivity index (χ1n) is 8.66. The highest BCUT2D eigenvalue weighted by Crippen LogP contribution is 2.22. The largest absolute Gasteiger partial charge is 0.545 e. The summed E-state index contributed by atoms with van der Waals surface area (Å²) in [6, 6.07) is 6.16. The fourth-order valence-electron chi connectivity index (χ4n) is 3.14. The van der Waals surface area contributed by atoms with Gasteiger partial charge in [0, 0.05) is 37.2 Å². The molecule has 0 spiro atoms. The molecular weight excluding hydrogens is 304 g/mol. The van der Waals surface area contributed by atoms with Crippen molar-refractivity contribution >= 4 is 11.8 Å². The molecule has 5 heteroatoms. The summed E-state index contributed by atoms with van der Waals surface area (Å²) < 4.78 is 0. The van der Waals surface area contributed by atoms with Gasteiger partial charge in [0.15, 0.2) is 5.78 Å². The number of hydrogen-bond donors (Lipinski definition) is 1. The van der Waals surface area contributed by atoms with E-state index in [1.165, 1.54) is 51.4 Å². The molecule has 1 aromatic rings. The summed E-state index contributed by atoms with van der Waals surface area (Å²) in [5, 5.41) is 10.8. The van der Waals surface area contributed by atoms with Gasteiger partial charge in [0.1, 0.15) is 0 Å². The molecule has 1 N–H and O–H groups in total. The van der Waals surface area contributed by atoms with Crippen LogP contribution in [0.2, 0.25) is 0 Å². The van der Waals surface area contributed by atoms with Crippen molar-refractivity contribution in [2.45, 2.75) is 27.2 Å². The Balaban J connectivity index is 0.000000214. The van der Waals surface area contributed by atoms with Crippen molar-refractivity contribution < 1.29 is 19.6 Å². The predicted octanol–water partition coefficient (Wildman–Crippen LogP) is -0.130. The molecule has 4 rings (SSSR count). The lowest BCUT2D eigenvalue weighted by Gasteiger charge is -2.38. The molecule has 0 radical (unpaired) electrons. The Morgan fingerprint density at radius 3 is 1.88 bits per heavy atom. The van der Waals surface area contributed by atoms with Crippen LogP contribution in [-0.2, 0) is 0 Å². The minimum absolute atomic E-state index is 0.0308. The summed E-state index contributed by atoms with van der Waals surface area (Å²) in [5.41, 5.74) is 0.0463. The van der Waals surface area contributed by atoms with Gasteiger partial charge in [-0.2, -0.15) is 0 Å². The van der Waals surface area contributed by atoms with Gasteiger partial charge in [-0.15, -0.1) is 0 Å². The molecule has 0 saturated carbocycles. The Labute approximate surface area is 144 Å². The van der Waals surface area contributed by atoms with Crippen LogP contribution in [0.3, 0.4) is 0 Å². The Morgan fingerprint density at radius 1 is 1.04 bits per heavy atom. The van der Waals surface area contributed by atoms with Crippen molar-refractivity contribution in [3.8, 4) is 0 Å². The summed E-state index contributed by atoms with van der Waals surface area (Å²) >= 11 is 0. The zero-order valence-corrected chi connectivity index (χ0v) is 14.9. The van der Waals surface area contributed by atoms with Crippen molar-refractivity contribution in [2.75, 3.05) is 39.3 Å². The highest BCUT2D eigenvalue weighted by Gasteiger charge is 2.25. The van der Waals surface area contributed by atoms with Crippen molar-refractivity contribution in [2.24, 2.45) is 5.41 Å². The van der Waals surface area contributed by atoms with Crippen LogP contribution in [-0.4, -0.2) is 55.9 Å². The second-order valence-electron chi connectivity index (χ2n) is 7.84. The summed E-state index contributed by atoms with van der Waals surface area (Å²) in [7, 11) is 0. The molecule has 24 heavy (non-hydrogen) atoms. The minimum Gasteiger partial charge on any atom is -0.545 e. The molecule has 5 nitrogen and oxygen atoms in total. The van der Waals surface area contributed by atoms with Crippen LogP contribution in [0.4, 0.5) is 0 Å². The monoisotopic (exact) mass is 332 g/mol. The number of carboxylic acids is 1. The summed E-state index contributed by atoms with van der Waals surface area (Å²) in [4.78, 5) is 27.1. The molecule has 3 aliphatic heterocycles. The third-order valence-corrected chi connectivity index (χ3v) is 4.48. The number of carboxylic acid groups (broad SMARTS) is 1. The molecule has 0 aliphatic carbocycles. The molecule has 3 heterocycles. The second-order valence-corrected chi connectivity index (χ2v) is 7.84. The van der Waals surface area contributed by atoms with Crippen molar-refractivity contribution in [3.63, 3.8) is 0 Å². The Bertz CT molecular complexity index is 562. The Hall–Kier alpha value is -1.72. The van der Waals surface area contributed by atoms with Crippen molar-refractivity contribution in [1.82, 2.24) is 4.90 Å². The van der Waals surface area contributed by atoms with Gasteiger partial charge in [-0.1, -0.05) is 45.0 Å². The van der Waals surface area contributed by atoms with E-state index in [0.29, 0.717) is 6.42 Å². The molecule has 3 aliphatic rings. The molecule has 0 unspecified atom stereocenters. The number of aromatic carboxylic acids is 1. The first-order chi connectivity index (χ1) is 11.3. The summed E-state index contributed by atoms with van der Waals surface area (Å²) in [5.74, 6) is -1.47. The molecule has 2 bridgehead atoms. The van der Waals surface area contributed by atoms with E-state index >= 15 is 0 Å². The highest BCUT2D eigenvalue weighted by atomic mass is 16.4. The van der Waals surface area contributed by atoms with E-state index in [9.17, 15) is 14.7 Å². The lowest BCUT2D eigenvalue weighted by atomic mass is 9.87. The number of nitrogens with one attached hydrogen (secondary N) is 1. The first-order valence-corrected chi connectivity index (χ1v) is 8.66. The maximum absolute atomic E-state index is 11.9. The number of quaternary nitrogens is 1.